The first kappa shape index (κ1) is 15.5. The predicted molar refractivity (Wildman–Crippen MR) is 80.0 cm³/mol. The Morgan fingerprint density at radius 1 is 1.30 bits per heavy atom. The zero-order chi connectivity index (χ0) is 14.4. The maximum absolute atomic E-state index is 13.0. The molecule has 0 saturated heterocycles. The normalized spacial score (nSPS) is 17.9. The van der Waals surface area contributed by atoms with E-state index in [2.05, 4.69) is 12.2 Å². The molecule has 0 bridgehead atoms. The van der Waals surface area contributed by atoms with Gasteiger partial charge in [0, 0.05) is 19.2 Å². The molecule has 0 aliphatic heterocycles. The van der Waals surface area contributed by atoms with Crippen molar-refractivity contribution in [1.82, 2.24) is 5.32 Å². The van der Waals surface area contributed by atoms with Gasteiger partial charge in [0.05, 0.1) is 0 Å². The van der Waals surface area contributed by atoms with E-state index in [4.69, 9.17) is 5.11 Å². The summed E-state index contributed by atoms with van der Waals surface area (Å²) >= 11 is 0. The summed E-state index contributed by atoms with van der Waals surface area (Å²) in [5.74, 6) is -0.179. The highest BCUT2D eigenvalue weighted by Gasteiger charge is 2.41. The Hall–Kier alpha value is -0.930. The molecule has 1 fully saturated rings. The van der Waals surface area contributed by atoms with Crippen LogP contribution in [0, 0.1) is 11.2 Å². The predicted octanol–water partition coefficient (Wildman–Crippen LogP) is 3.81. The van der Waals surface area contributed by atoms with Crippen molar-refractivity contribution in [2.45, 2.75) is 51.5 Å². The van der Waals surface area contributed by atoms with Crippen molar-refractivity contribution in [1.29, 1.82) is 0 Å². The largest absolute Gasteiger partial charge is 0.396 e. The van der Waals surface area contributed by atoms with Crippen LogP contribution in [0.15, 0.2) is 24.3 Å². The lowest BCUT2D eigenvalue weighted by atomic mass is 9.98. The third kappa shape index (κ3) is 4.29. The fraction of sp³-hybridized carbons (Fsp3) is 0.647. The Bertz CT molecular complexity index is 400. The summed E-state index contributed by atoms with van der Waals surface area (Å²) in [4.78, 5) is 0. The molecule has 1 aliphatic carbocycles. The Labute approximate surface area is 121 Å². The molecule has 1 aromatic rings. The molecule has 1 aliphatic rings. The minimum Gasteiger partial charge on any atom is -0.396 e. The van der Waals surface area contributed by atoms with Crippen molar-refractivity contribution < 1.29 is 9.50 Å². The van der Waals surface area contributed by atoms with Crippen molar-refractivity contribution in [3.8, 4) is 0 Å². The van der Waals surface area contributed by atoms with E-state index in [0.29, 0.717) is 11.5 Å². The average molecular weight is 279 g/mol. The molecule has 1 unspecified atom stereocenters. The summed E-state index contributed by atoms with van der Waals surface area (Å²) in [6.07, 6.45) is 6.74. The molecule has 2 rings (SSSR count). The van der Waals surface area contributed by atoms with Crippen LogP contribution in [0.5, 0.6) is 0 Å². The molecular formula is C17H26FNO. The fourth-order valence-electron chi connectivity index (χ4n) is 2.76. The SMILES string of the molecule is CCCCC(NCC1(CCO)CC1)c1ccc(F)cc1. The molecule has 0 aromatic heterocycles. The molecule has 1 saturated carbocycles. The van der Waals surface area contributed by atoms with Gasteiger partial charge >= 0.3 is 0 Å². The first-order chi connectivity index (χ1) is 9.69. The van der Waals surface area contributed by atoms with Crippen molar-refractivity contribution in [2.24, 2.45) is 5.41 Å². The second kappa shape index (κ2) is 7.19. The minimum absolute atomic E-state index is 0.179. The van der Waals surface area contributed by atoms with Crippen LogP contribution in [0.2, 0.25) is 0 Å². The van der Waals surface area contributed by atoms with Gasteiger partial charge in [-0.15, -0.1) is 0 Å². The molecule has 0 heterocycles. The van der Waals surface area contributed by atoms with E-state index in [0.717, 1.165) is 19.4 Å². The zero-order valence-electron chi connectivity index (χ0n) is 12.4. The van der Waals surface area contributed by atoms with Crippen molar-refractivity contribution in [2.75, 3.05) is 13.2 Å². The molecule has 0 spiro atoms. The van der Waals surface area contributed by atoms with Gasteiger partial charge in [-0.1, -0.05) is 31.9 Å². The summed E-state index contributed by atoms with van der Waals surface area (Å²) in [6.45, 7) is 3.42. The number of benzene rings is 1. The van der Waals surface area contributed by atoms with Crippen molar-refractivity contribution in [3.05, 3.63) is 35.6 Å². The first-order valence-electron chi connectivity index (χ1n) is 7.79. The number of rotatable bonds is 9. The highest BCUT2D eigenvalue weighted by atomic mass is 19.1. The highest BCUT2D eigenvalue weighted by molar-refractivity contribution is 5.20. The number of nitrogens with one attached hydrogen (secondary N) is 1. The quantitative estimate of drug-likeness (QED) is 0.720. The number of hydrogen-bond donors (Lipinski definition) is 2. The Balaban J connectivity index is 1.94. The second-order valence-corrected chi connectivity index (χ2v) is 6.10. The summed E-state index contributed by atoms with van der Waals surface area (Å²) in [7, 11) is 0. The lowest BCUT2D eigenvalue weighted by Gasteiger charge is -2.23. The van der Waals surface area contributed by atoms with E-state index in [9.17, 15) is 4.39 Å². The number of halogens is 1. The maximum atomic E-state index is 13.0. The van der Waals surface area contributed by atoms with Crippen LogP contribution in [0.25, 0.3) is 0 Å². The van der Waals surface area contributed by atoms with Crippen LogP contribution in [0.3, 0.4) is 0 Å². The van der Waals surface area contributed by atoms with Crippen LogP contribution >= 0.6 is 0 Å². The van der Waals surface area contributed by atoms with E-state index in [1.165, 1.54) is 43.4 Å². The molecule has 3 heteroatoms. The van der Waals surface area contributed by atoms with Gasteiger partial charge in [0.25, 0.3) is 0 Å². The topological polar surface area (TPSA) is 32.3 Å². The van der Waals surface area contributed by atoms with Crippen molar-refractivity contribution in [3.63, 3.8) is 0 Å². The lowest BCUT2D eigenvalue weighted by Crippen LogP contribution is -2.29. The van der Waals surface area contributed by atoms with Gasteiger partial charge in [0.15, 0.2) is 0 Å². The van der Waals surface area contributed by atoms with Crippen LogP contribution in [-0.4, -0.2) is 18.3 Å². The third-order valence-electron chi connectivity index (χ3n) is 4.44. The summed E-state index contributed by atoms with van der Waals surface area (Å²) in [5.41, 5.74) is 1.49. The molecular weight excluding hydrogens is 253 g/mol. The van der Waals surface area contributed by atoms with E-state index < -0.39 is 0 Å². The molecule has 2 nitrogen and oxygen atoms in total. The monoisotopic (exact) mass is 279 g/mol. The van der Waals surface area contributed by atoms with Crippen LogP contribution in [0.4, 0.5) is 4.39 Å². The summed E-state index contributed by atoms with van der Waals surface area (Å²) in [5, 5.41) is 12.8. The second-order valence-electron chi connectivity index (χ2n) is 6.10. The Morgan fingerprint density at radius 2 is 2.00 bits per heavy atom. The minimum atomic E-state index is -0.179. The molecule has 1 atom stereocenters. The van der Waals surface area contributed by atoms with E-state index in [1.807, 2.05) is 12.1 Å². The maximum Gasteiger partial charge on any atom is 0.123 e. The Morgan fingerprint density at radius 3 is 2.55 bits per heavy atom. The molecule has 0 amide bonds. The fourth-order valence-corrected chi connectivity index (χ4v) is 2.76. The summed E-state index contributed by atoms with van der Waals surface area (Å²) in [6, 6.07) is 7.14. The Kier molecular flexibility index (Phi) is 5.55. The van der Waals surface area contributed by atoms with Gasteiger partial charge in [-0.3, -0.25) is 0 Å². The van der Waals surface area contributed by atoms with Gasteiger partial charge in [-0.2, -0.15) is 0 Å². The van der Waals surface area contributed by atoms with Gasteiger partial charge in [-0.05, 0) is 48.8 Å². The highest BCUT2D eigenvalue weighted by Crippen LogP contribution is 2.48. The third-order valence-corrected chi connectivity index (χ3v) is 4.44. The average Bonchev–Trinajstić information content (AvgIpc) is 3.21. The van der Waals surface area contributed by atoms with Crippen LogP contribution < -0.4 is 5.32 Å². The number of hydrogen-bond acceptors (Lipinski definition) is 2. The van der Waals surface area contributed by atoms with E-state index >= 15 is 0 Å². The first-order valence-corrected chi connectivity index (χ1v) is 7.79. The molecule has 0 radical (unpaired) electrons. The number of unbranched alkanes of at least 4 members (excludes halogenated alkanes) is 1. The molecule has 112 valence electrons. The molecule has 2 N–H and O–H groups in total. The van der Waals surface area contributed by atoms with Gasteiger partial charge < -0.3 is 10.4 Å². The number of aliphatic hydroxyl groups is 1. The van der Waals surface area contributed by atoms with Gasteiger partial charge in [0.1, 0.15) is 5.82 Å². The van der Waals surface area contributed by atoms with E-state index in [1.54, 1.807) is 0 Å². The summed E-state index contributed by atoms with van der Waals surface area (Å²) < 4.78 is 13.0. The number of aliphatic hydroxyl groups excluding tert-OH is 1. The van der Waals surface area contributed by atoms with E-state index in [-0.39, 0.29) is 12.4 Å². The van der Waals surface area contributed by atoms with Crippen molar-refractivity contribution >= 4 is 0 Å². The standard InChI is InChI=1S/C17H26FNO/c1-2-3-4-16(14-5-7-15(18)8-6-14)19-13-17(9-10-17)11-12-20/h5-8,16,19-20H,2-4,9-13H2,1H3. The zero-order valence-corrected chi connectivity index (χ0v) is 12.4. The molecule has 1 aromatic carbocycles. The smallest absolute Gasteiger partial charge is 0.123 e. The van der Waals surface area contributed by atoms with Gasteiger partial charge in [0.2, 0.25) is 0 Å². The lowest BCUT2D eigenvalue weighted by molar-refractivity contribution is 0.241. The van der Waals surface area contributed by atoms with Crippen LogP contribution in [-0.2, 0) is 0 Å². The van der Waals surface area contributed by atoms with Gasteiger partial charge in [-0.25, -0.2) is 4.39 Å². The van der Waals surface area contributed by atoms with Crippen LogP contribution in [0.1, 0.15) is 57.1 Å². The molecule has 20 heavy (non-hydrogen) atoms.